The first-order valence-corrected chi connectivity index (χ1v) is 9.78. The molecule has 7 heteroatoms. The van der Waals surface area contributed by atoms with Crippen LogP contribution in [0.5, 0.6) is 0 Å². The van der Waals surface area contributed by atoms with Gasteiger partial charge in [0, 0.05) is 18.4 Å². The predicted octanol–water partition coefficient (Wildman–Crippen LogP) is 2.82. The standard InChI is InChI=1S/C17H21N3O2S2/c1-3-23-11-14-9-15(21)20-17(19-14)24-12(2)16(22)18-10-13-7-5-4-6-8-13/h4-9,12H,3,10-11H2,1-2H3,(H,18,22)(H,19,20,21). The van der Waals surface area contributed by atoms with Gasteiger partial charge in [-0.1, -0.05) is 49.0 Å². The van der Waals surface area contributed by atoms with Crippen molar-refractivity contribution in [1.29, 1.82) is 0 Å². The van der Waals surface area contributed by atoms with Crippen molar-refractivity contribution in [3.8, 4) is 0 Å². The van der Waals surface area contributed by atoms with Gasteiger partial charge in [0.05, 0.1) is 10.9 Å². The lowest BCUT2D eigenvalue weighted by molar-refractivity contribution is -0.120. The van der Waals surface area contributed by atoms with E-state index in [1.807, 2.05) is 30.3 Å². The fraction of sp³-hybridized carbons (Fsp3) is 0.353. The summed E-state index contributed by atoms with van der Waals surface area (Å²) in [6.07, 6.45) is 0. The Bertz CT molecular complexity index is 719. The summed E-state index contributed by atoms with van der Waals surface area (Å²) in [6, 6.07) is 11.3. The molecule has 0 aliphatic carbocycles. The SMILES string of the molecule is CCSCc1cc(=O)[nH]c(SC(C)C(=O)NCc2ccccc2)n1. The monoisotopic (exact) mass is 363 g/mol. The van der Waals surface area contributed by atoms with Gasteiger partial charge in [0.25, 0.3) is 5.56 Å². The molecule has 1 aromatic heterocycles. The van der Waals surface area contributed by atoms with E-state index in [1.54, 1.807) is 18.7 Å². The van der Waals surface area contributed by atoms with Crippen LogP contribution in [-0.4, -0.2) is 26.9 Å². The number of rotatable bonds is 8. The maximum Gasteiger partial charge on any atom is 0.251 e. The van der Waals surface area contributed by atoms with Crippen LogP contribution < -0.4 is 10.9 Å². The van der Waals surface area contributed by atoms with Crippen molar-refractivity contribution in [1.82, 2.24) is 15.3 Å². The molecule has 0 aliphatic heterocycles. The van der Waals surface area contributed by atoms with Crippen LogP contribution in [0, 0.1) is 0 Å². The number of aromatic nitrogens is 2. The van der Waals surface area contributed by atoms with Crippen LogP contribution in [0.4, 0.5) is 0 Å². The Morgan fingerprint density at radius 3 is 2.79 bits per heavy atom. The van der Waals surface area contributed by atoms with E-state index in [0.29, 0.717) is 17.5 Å². The van der Waals surface area contributed by atoms with E-state index >= 15 is 0 Å². The molecule has 0 fully saturated rings. The first-order chi connectivity index (χ1) is 11.6. The zero-order valence-corrected chi connectivity index (χ0v) is 15.4. The third-order valence-electron chi connectivity index (χ3n) is 3.19. The van der Waals surface area contributed by atoms with Gasteiger partial charge in [0.2, 0.25) is 5.91 Å². The molecule has 0 saturated heterocycles. The van der Waals surface area contributed by atoms with E-state index < -0.39 is 0 Å². The summed E-state index contributed by atoms with van der Waals surface area (Å²) in [5, 5.41) is 3.04. The van der Waals surface area contributed by atoms with Gasteiger partial charge in [0.15, 0.2) is 5.16 Å². The summed E-state index contributed by atoms with van der Waals surface area (Å²) >= 11 is 2.97. The second-order valence-electron chi connectivity index (χ2n) is 5.14. The summed E-state index contributed by atoms with van der Waals surface area (Å²) in [4.78, 5) is 31.0. The van der Waals surface area contributed by atoms with Gasteiger partial charge in [0.1, 0.15) is 0 Å². The highest BCUT2D eigenvalue weighted by Gasteiger charge is 2.16. The molecule has 0 spiro atoms. The first-order valence-electron chi connectivity index (χ1n) is 7.74. The minimum atomic E-state index is -0.342. The zero-order valence-electron chi connectivity index (χ0n) is 13.7. The number of amides is 1. The quantitative estimate of drug-likeness (QED) is 0.557. The molecule has 2 rings (SSSR count). The van der Waals surface area contributed by atoms with Gasteiger partial charge in [-0.05, 0) is 18.2 Å². The number of carbonyl (C=O) groups excluding carboxylic acids is 1. The van der Waals surface area contributed by atoms with Crippen LogP contribution >= 0.6 is 23.5 Å². The van der Waals surface area contributed by atoms with E-state index in [0.717, 1.165) is 17.0 Å². The topological polar surface area (TPSA) is 74.8 Å². The van der Waals surface area contributed by atoms with Crippen LogP contribution in [0.25, 0.3) is 0 Å². The molecule has 128 valence electrons. The Kier molecular flexibility index (Phi) is 7.39. The normalized spacial score (nSPS) is 11.9. The lowest BCUT2D eigenvalue weighted by atomic mass is 10.2. The van der Waals surface area contributed by atoms with Crippen LogP contribution in [-0.2, 0) is 17.1 Å². The van der Waals surface area contributed by atoms with Gasteiger partial charge in [-0.2, -0.15) is 11.8 Å². The highest BCUT2D eigenvalue weighted by molar-refractivity contribution is 8.00. The number of carbonyl (C=O) groups is 1. The summed E-state index contributed by atoms with van der Waals surface area (Å²) in [6.45, 7) is 4.35. The zero-order chi connectivity index (χ0) is 17.4. The lowest BCUT2D eigenvalue weighted by Gasteiger charge is -2.12. The molecular formula is C17H21N3O2S2. The first kappa shape index (κ1) is 18.6. The van der Waals surface area contributed by atoms with Crippen molar-refractivity contribution in [3.05, 3.63) is 58.0 Å². The van der Waals surface area contributed by atoms with E-state index in [-0.39, 0.29) is 16.7 Å². The summed E-state index contributed by atoms with van der Waals surface area (Å²) in [7, 11) is 0. The van der Waals surface area contributed by atoms with Crippen LogP contribution in [0.15, 0.2) is 46.3 Å². The highest BCUT2D eigenvalue weighted by atomic mass is 32.2. The minimum absolute atomic E-state index is 0.0835. The number of hydrogen-bond donors (Lipinski definition) is 2. The van der Waals surface area contributed by atoms with Crippen LogP contribution in [0.3, 0.4) is 0 Å². The number of H-pyrrole nitrogens is 1. The van der Waals surface area contributed by atoms with E-state index in [4.69, 9.17) is 0 Å². The van der Waals surface area contributed by atoms with E-state index in [2.05, 4.69) is 22.2 Å². The van der Waals surface area contributed by atoms with Crippen molar-refractivity contribution in [3.63, 3.8) is 0 Å². The number of aromatic amines is 1. The molecule has 2 N–H and O–H groups in total. The van der Waals surface area contributed by atoms with Crippen molar-refractivity contribution in [2.24, 2.45) is 0 Å². The van der Waals surface area contributed by atoms with Gasteiger partial charge in [-0.15, -0.1) is 0 Å². The average Bonchev–Trinajstić information content (AvgIpc) is 2.58. The van der Waals surface area contributed by atoms with E-state index in [9.17, 15) is 9.59 Å². The average molecular weight is 364 g/mol. The molecular weight excluding hydrogens is 342 g/mol. The van der Waals surface area contributed by atoms with Crippen LogP contribution in [0.1, 0.15) is 25.1 Å². The van der Waals surface area contributed by atoms with Gasteiger partial charge >= 0.3 is 0 Å². The molecule has 1 heterocycles. The van der Waals surface area contributed by atoms with Crippen LogP contribution in [0.2, 0.25) is 0 Å². The largest absolute Gasteiger partial charge is 0.351 e. The number of thioether (sulfide) groups is 2. The second kappa shape index (κ2) is 9.54. The molecule has 24 heavy (non-hydrogen) atoms. The summed E-state index contributed by atoms with van der Waals surface area (Å²) in [5.41, 5.74) is 1.61. The van der Waals surface area contributed by atoms with Crippen molar-refractivity contribution in [2.75, 3.05) is 5.75 Å². The smallest absolute Gasteiger partial charge is 0.251 e. The van der Waals surface area contributed by atoms with Crippen molar-refractivity contribution >= 4 is 29.4 Å². The maximum absolute atomic E-state index is 12.2. The lowest BCUT2D eigenvalue weighted by Crippen LogP contribution is -2.30. The van der Waals surface area contributed by atoms with Gasteiger partial charge in [-0.25, -0.2) is 4.98 Å². The number of benzene rings is 1. The van der Waals surface area contributed by atoms with Crippen molar-refractivity contribution in [2.45, 2.75) is 36.6 Å². The van der Waals surface area contributed by atoms with E-state index in [1.165, 1.54) is 17.8 Å². The molecule has 0 saturated carbocycles. The Balaban J connectivity index is 1.93. The molecule has 1 aromatic carbocycles. The molecule has 0 bridgehead atoms. The number of nitrogens with zero attached hydrogens (tertiary/aromatic N) is 1. The highest BCUT2D eigenvalue weighted by Crippen LogP contribution is 2.19. The number of nitrogens with one attached hydrogen (secondary N) is 2. The second-order valence-corrected chi connectivity index (χ2v) is 7.75. The molecule has 0 aliphatic rings. The predicted molar refractivity (Wildman–Crippen MR) is 100 cm³/mol. The van der Waals surface area contributed by atoms with Crippen molar-refractivity contribution < 1.29 is 4.79 Å². The Labute approximate surface area is 150 Å². The fourth-order valence-electron chi connectivity index (χ4n) is 1.97. The Morgan fingerprint density at radius 2 is 2.08 bits per heavy atom. The summed E-state index contributed by atoms with van der Waals surface area (Å²) < 4.78 is 0. The molecule has 1 atom stereocenters. The molecule has 5 nitrogen and oxygen atoms in total. The summed E-state index contributed by atoms with van der Waals surface area (Å²) in [5.74, 6) is 1.58. The Hall–Kier alpha value is -1.73. The molecule has 1 amide bonds. The molecule has 1 unspecified atom stereocenters. The van der Waals surface area contributed by atoms with Gasteiger partial charge in [-0.3, -0.25) is 9.59 Å². The third kappa shape index (κ3) is 6.05. The minimum Gasteiger partial charge on any atom is -0.351 e. The maximum atomic E-state index is 12.2. The fourth-order valence-corrected chi connectivity index (χ4v) is 3.39. The molecule has 0 radical (unpaired) electrons. The third-order valence-corrected chi connectivity index (χ3v) is 5.09. The Morgan fingerprint density at radius 1 is 1.33 bits per heavy atom. The van der Waals surface area contributed by atoms with Gasteiger partial charge < -0.3 is 10.3 Å². The number of hydrogen-bond acceptors (Lipinski definition) is 5. The molecule has 2 aromatic rings.